The number of carbonyl (C=O) groups excluding carboxylic acids is 3. The molecule has 0 bridgehead atoms. The van der Waals surface area contributed by atoms with Gasteiger partial charge in [0.15, 0.2) is 0 Å². The molecule has 2 N–H and O–H groups in total. The fourth-order valence-corrected chi connectivity index (χ4v) is 2.88. The van der Waals surface area contributed by atoms with Gasteiger partial charge in [-0.05, 0) is 31.9 Å². The number of carbonyl (C=O) groups is 3. The standard InChI is InChI=1S/C19H28N4O3/c1-13(2)23(12-15-9-10-17(24)20-15)19(26)21-16-8-6-5-7-14(16)11-18(25)22(3)4/h5-8,13,15H,9-12H2,1-4H3,(H,20,24)(H,21,26)/t15-/m1/s1. The number of nitrogens with zero attached hydrogens (tertiary/aromatic N) is 2. The zero-order valence-corrected chi connectivity index (χ0v) is 15.9. The van der Waals surface area contributed by atoms with Gasteiger partial charge in [0.1, 0.15) is 0 Å². The van der Waals surface area contributed by atoms with Crippen LogP contribution in [0.25, 0.3) is 0 Å². The first-order valence-electron chi connectivity index (χ1n) is 8.93. The van der Waals surface area contributed by atoms with Crippen molar-refractivity contribution in [2.75, 3.05) is 26.0 Å². The fraction of sp³-hybridized carbons (Fsp3) is 0.526. The summed E-state index contributed by atoms with van der Waals surface area (Å²) in [7, 11) is 3.42. The van der Waals surface area contributed by atoms with Crippen molar-refractivity contribution in [1.82, 2.24) is 15.1 Å². The lowest BCUT2D eigenvalue weighted by Gasteiger charge is -2.30. The number of urea groups is 1. The molecule has 0 aliphatic carbocycles. The molecule has 26 heavy (non-hydrogen) atoms. The lowest BCUT2D eigenvalue weighted by Crippen LogP contribution is -2.47. The van der Waals surface area contributed by atoms with Gasteiger partial charge in [0.05, 0.1) is 6.42 Å². The first-order chi connectivity index (χ1) is 12.3. The molecule has 1 fully saturated rings. The van der Waals surface area contributed by atoms with E-state index in [-0.39, 0.29) is 36.3 Å². The molecule has 2 rings (SSSR count). The second-order valence-corrected chi connectivity index (χ2v) is 7.10. The number of hydrogen-bond donors (Lipinski definition) is 2. The van der Waals surface area contributed by atoms with Gasteiger partial charge >= 0.3 is 6.03 Å². The van der Waals surface area contributed by atoms with Crippen LogP contribution in [0.1, 0.15) is 32.3 Å². The Morgan fingerprint density at radius 1 is 1.27 bits per heavy atom. The second-order valence-electron chi connectivity index (χ2n) is 7.10. The molecule has 7 heteroatoms. The van der Waals surface area contributed by atoms with Crippen molar-refractivity contribution in [2.45, 2.75) is 45.2 Å². The molecule has 1 atom stereocenters. The van der Waals surface area contributed by atoms with Gasteiger partial charge in [-0.25, -0.2) is 4.79 Å². The van der Waals surface area contributed by atoms with Gasteiger partial charge in [0.2, 0.25) is 11.8 Å². The van der Waals surface area contributed by atoms with E-state index < -0.39 is 0 Å². The van der Waals surface area contributed by atoms with Crippen LogP contribution in [-0.2, 0) is 16.0 Å². The summed E-state index contributed by atoms with van der Waals surface area (Å²) >= 11 is 0. The molecule has 0 unspecified atom stereocenters. The van der Waals surface area contributed by atoms with Crippen LogP contribution in [0.2, 0.25) is 0 Å². The highest BCUT2D eigenvalue weighted by atomic mass is 16.2. The van der Waals surface area contributed by atoms with E-state index in [4.69, 9.17) is 0 Å². The van der Waals surface area contributed by atoms with E-state index in [0.29, 0.717) is 18.7 Å². The molecule has 1 aromatic carbocycles. The number of hydrogen-bond acceptors (Lipinski definition) is 3. The minimum absolute atomic E-state index is 0.0110. The first-order valence-corrected chi connectivity index (χ1v) is 8.93. The van der Waals surface area contributed by atoms with Crippen molar-refractivity contribution in [1.29, 1.82) is 0 Å². The Morgan fingerprint density at radius 3 is 2.54 bits per heavy atom. The Balaban J connectivity index is 2.09. The third-order valence-electron chi connectivity index (χ3n) is 4.49. The highest BCUT2D eigenvalue weighted by molar-refractivity contribution is 5.91. The molecule has 0 aromatic heterocycles. The lowest BCUT2D eigenvalue weighted by atomic mass is 10.1. The van der Waals surface area contributed by atoms with Gasteiger partial charge < -0.3 is 20.4 Å². The average molecular weight is 360 g/mol. The van der Waals surface area contributed by atoms with Gasteiger partial charge in [-0.1, -0.05) is 18.2 Å². The van der Waals surface area contributed by atoms with Crippen molar-refractivity contribution in [2.24, 2.45) is 0 Å². The normalized spacial score (nSPS) is 16.3. The summed E-state index contributed by atoms with van der Waals surface area (Å²) in [5, 5.41) is 5.82. The molecule has 4 amide bonds. The number of rotatable bonds is 6. The summed E-state index contributed by atoms with van der Waals surface area (Å²) < 4.78 is 0. The summed E-state index contributed by atoms with van der Waals surface area (Å²) in [5.41, 5.74) is 1.41. The Bertz CT molecular complexity index is 673. The maximum atomic E-state index is 12.8. The van der Waals surface area contributed by atoms with E-state index in [1.54, 1.807) is 25.1 Å². The summed E-state index contributed by atoms with van der Waals surface area (Å²) in [6.45, 7) is 4.35. The molecule has 0 radical (unpaired) electrons. The topological polar surface area (TPSA) is 81.8 Å². The van der Waals surface area contributed by atoms with Gasteiger partial charge in [-0.15, -0.1) is 0 Å². The smallest absolute Gasteiger partial charge is 0.322 e. The van der Waals surface area contributed by atoms with Gasteiger partial charge in [0, 0.05) is 44.8 Å². The third-order valence-corrected chi connectivity index (χ3v) is 4.49. The molecule has 0 spiro atoms. The minimum atomic E-state index is -0.231. The van der Waals surface area contributed by atoms with Crippen molar-refractivity contribution in [3.63, 3.8) is 0 Å². The van der Waals surface area contributed by atoms with E-state index in [2.05, 4.69) is 10.6 Å². The van der Waals surface area contributed by atoms with Crippen molar-refractivity contribution < 1.29 is 14.4 Å². The monoisotopic (exact) mass is 360 g/mol. The van der Waals surface area contributed by atoms with Crippen molar-refractivity contribution >= 4 is 23.5 Å². The van der Waals surface area contributed by atoms with E-state index in [9.17, 15) is 14.4 Å². The van der Waals surface area contributed by atoms with Crippen LogP contribution < -0.4 is 10.6 Å². The van der Waals surface area contributed by atoms with Gasteiger partial charge in [0.25, 0.3) is 0 Å². The molecular weight excluding hydrogens is 332 g/mol. The number of likely N-dealkylation sites (N-methyl/N-ethyl adjacent to an activating group) is 1. The van der Waals surface area contributed by atoms with Crippen molar-refractivity contribution in [3.05, 3.63) is 29.8 Å². The molecule has 7 nitrogen and oxygen atoms in total. The predicted molar refractivity (Wildman–Crippen MR) is 101 cm³/mol. The average Bonchev–Trinajstić information content (AvgIpc) is 2.99. The molecule has 142 valence electrons. The predicted octanol–water partition coefficient (Wildman–Crippen LogP) is 1.84. The summed E-state index contributed by atoms with van der Waals surface area (Å²) in [4.78, 5) is 39.5. The van der Waals surface area contributed by atoms with Gasteiger partial charge in [-0.3, -0.25) is 9.59 Å². The molecular formula is C19H28N4O3. The van der Waals surface area contributed by atoms with Gasteiger partial charge in [-0.2, -0.15) is 0 Å². The number of amides is 4. The van der Waals surface area contributed by atoms with Crippen LogP contribution in [0, 0.1) is 0 Å². The van der Waals surface area contributed by atoms with E-state index in [0.717, 1.165) is 12.0 Å². The molecule has 0 saturated carbocycles. The van der Waals surface area contributed by atoms with Crippen LogP contribution in [0.3, 0.4) is 0 Å². The minimum Gasteiger partial charge on any atom is -0.352 e. The third kappa shape index (κ3) is 5.21. The SMILES string of the molecule is CC(C)N(C[C@H]1CCC(=O)N1)C(=O)Nc1ccccc1CC(=O)N(C)C. The molecule has 1 aliphatic rings. The Hall–Kier alpha value is -2.57. The molecule has 1 saturated heterocycles. The largest absolute Gasteiger partial charge is 0.352 e. The summed E-state index contributed by atoms with van der Waals surface area (Å²) in [6.07, 6.45) is 1.47. The number of para-hydroxylation sites is 1. The maximum absolute atomic E-state index is 12.8. The summed E-state index contributed by atoms with van der Waals surface area (Å²) in [5.74, 6) is 0.00717. The Labute approximate surface area is 154 Å². The second kappa shape index (κ2) is 8.69. The van der Waals surface area contributed by atoms with Crippen LogP contribution in [0.5, 0.6) is 0 Å². The highest BCUT2D eigenvalue weighted by Crippen LogP contribution is 2.18. The molecule has 1 aliphatic heterocycles. The number of anilines is 1. The Morgan fingerprint density at radius 2 is 1.96 bits per heavy atom. The number of benzene rings is 1. The lowest BCUT2D eigenvalue weighted by molar-refractivity contribution is -0.128. The van der Waals surface area contributed by atoms with Crippen molar-refractivity contribution in [3.8, 4) is 0 Å². The highest BCUT2D eigenvalue weighted by Gasteiger charge is 2.27. The molecule has 1 aromatic rings. The number of nitrogens with one attached hydrogen (secondary N) is 2. The van der Waals surface area contributed by atoms with Crippen LogP contribution >= 0.6 is 0 Å². The zero-order valence-electron chi connectivity index (χ0n) is 15.9. The van der Waals surface area contributed by atoms with E-state index in [1.165, 1.54) is 4.90 Å². The molecule has 1 heterocycles. The summed E-state index contributed by atoms with van der Waals surface area (Å²) in [6, 6.07) is 7.06. The van der Waals surface area contributed by atoms with Crippen LogP contribution in [0.4, 0.5) is 10.5 Å². The maximum Gasteiger partial charge on any atom is 0.322 e. The zero-order chi connectivity index (χ0) is 19.3. The fourth-order valence-electron chi connectivity index (χ4n) is 2.88. The van der Waals surface area contributed by atoms with E-state index in [1.807, 2.05) is 32.0 Å². The first kappa shape index (κ1) is 19.8. The van der Waals surface area contributed by atoms with Crippen LogP contribution in [-0.4, -0.2) is 60.4 Å². The Kier molecular flexibility index (Phi) is 6.60. The quantitative estimate of drug-likeness (QED) is 0.812. The van der Waals surface area contributed by atoms with Crippen LogP contribution in [0.15, 0.2) is 24.3 Å². The van der Waals surface area contributed by atoms with E-state index >= 15 is 0 Å².